The van der Waals surface area contributed by atoms with Gasteiger partial charge in [0.1, 0.15) is 11.5 Å². The van der Waals surface area contributed by atoms with E-state index in [0.29, 0.717) is 5.89 Å². The first kappa shape index (κ1) is 31.8. The maximum absolute atomic E-state index is 6.55. The third-order valence-corrected chi connectivity index (χ3v) is 10.7. The van der Waals surface area contributed by atoms with E-state index in [9.17, 15) is 0 Å². The largest absolute Gasteiger partial charge is 0.461 e. The predicted molar refractivity (Wildman–Crippen MR) is 219 cm³/mol. The van der Waals surface area contributed by atoms with Crippen LogP contribution in [0.2, 0.25) is 0 Å². The third-order valence-electron chi connectivity index (χ3n) is 10.7. The van der Waals surface area contributed by atoms with Crippen molar-refractivity contribution in [3.8, 4) is 50.6 Å². The van der Waals surface area contributed by atoms with E-state index in [0.717, 1.165) is 56.7 Å². The van der Waals surface area contributed by atoms with Gasteiger partial charge in [0.2, 0.25) is 5.89 Å². The summed E-state index contributed by atoms with van der Waals surface area (Å²) in [5, 5.41) is 0. The minimum atomic E-state index is 0.101. The lowest BCUT2D eigenvalue weighted by Gasteiger charge is -2.28. The number of benzene rings is 7. The Labute approximate surface area is 315 Å². The van der Waals surface area contributed by atoms with Crippen LogP contribution in [0.5, 0.6) is 5.75 Å². The van der Waals surface area contributed by atoms with E-state index >= 15 is 0 Å². The fraction of sp³-hybridized carbons (Fsp3) is 0.0600. The molecular formula is C50H36N2O2. The van der Waals surface area contributed by atoms with Gasteiger partial charge in [-0.05, 0) is 82.4 Å². The molecule has 4 heteroatoms. The SMILES string of the molecule is CC1c2nc(-c3ccccc3)oc2C=C2Oc3cc(-c4ccc(N(c5ccccc5)c5ccc(-c6ccccc6)cc5-c5ccccc5)cc4)ccc3C21. The first-order valence-electron chi connectivity index (χ1n) is 18.5. The maximum Gasteiger partial charge on any atom is 0.226 e. The van der Waals surface area contributed by atoms with E-state index in [1.807, 2.05) is 36.4 Å². The van der Waals surface area contributed by atoms with E-state index < -0.39 is 0 Å². The zero-order chi connectivity index (χ0) is 36.0. The Balaban J connectivity index is 0.989. The van der Waals surface area contributed by atoms with Gasteiger partial charge >= 0.3 is 0 Å². The quantitative estimate of drug-likeness (QED) is 0.166. The number of nitrogens with zero attached hydrogens (tertiary/aromatic N) is 2. The number of hydrogen-bond acceptors (Lipinski definition) is 4. The third kappa shape index (κ3) is 5.60. The minimum Gasteiger partial charge on any atom is -0.461 e. The lowest BCUT2D eigenvalue weighted by atomic mass is 9.80. The van der Waals surface area contributed by atoms with Gasteiger partial charge in [0, 0.05) is 40.1 Å². The number of para-hydroxylation sites is 1. The van der Waals surface area contributed by atoms with E-state index in [1.165, 1.54) is 27.8 Å². The van der Waals surface area contributed by atoms with Gasteiger partial charge in [0.25, 0.3) is 0 Å². The Hall–Kier alpha value is -6.91. The van der Waals surface area contributed by atoms with Gasteiger partial charge in [-0.25, -0.2) is 4.98 Å². The van der Waals surface area contributed by atoms with Crippen LogP contribution in [0, 0.1) is 0 Å². The molecule has 0 bridgehead atoms. The molecule has 2 atom stereocenters. The number of aromatic nitrogens is 1. The zero-order valence-corrected chi connectivity index (χ0v) is 29.8. The smallest absolute Gasteiger partial charge is 0.226 e. The number of oxazole rings is 1. The highest BCUT2D eigenvalue weighted by Gasteiger charge is 2.41. The Bertz CT molecular complexity index is 2630. The molecule has 1 aliphatic carbocycles. The predicted octanol–water partition coefficient (Wildman–Crippen LogP) is 13.4. The summed E-state index contributed by atoms with van der Waals surface area (Å²) < 4.78 is 12.8. The number of fused-ring (bicyclic) bond motifs is 4. The summed E-state index contributed by atoms with van der Waals surface area (Å²) in [4.78, 5) is 7.29. The molecular weight excluding hydrogens is 661 g/mol. The Morgan fingerprint density at radius 2 is 1.07 bits per heavy atom. The molecule has 2 aliphatic rings. The molecule has 1 aliphatic heterocycles. The summed E-state index contributed by atoms with van der Waals surface area (Å²) in [7, 11) is 0. The maximum atomic E-state index is 6.55. The molecule has 258 valence electrons. The van der Waals surface area contributed by atoms with Gasteiger partial charge in [0.05, 0.1) is 17.3 Å². The van der Waals surface area contributed by atoms with Crippen molar-refractivity contribution in [2.24, 2.45) is 0 Å². The van der Waals surface area contributed by atoms with Crippen LogP contribution in [-0.2, 0) is 0 Å². The van der Waals surface area contributed by atoms with Crippen molar-refractivity contribution in [2.45, 2.75) is 18.8 Å². The van der Waals surface area contributed by atoms with Crippen LogP contribution in [0.3, 0.4) is 0 Å². The first-order chi connectivity index (χ1) is 26.7. The highest BCUT2D eigenvalue weighted by molar-refractivity contribution is 5.91. The summed E-state index contributed by atoms with van der Waals surface area (Å²) in [5.74, 6) is 3.46. The highest BCUT2D eigenvalue weighted by Crippen LogP contribution is 2.53. The van der Waals surface area contributed by atoms with Crippen LogP contribution < -0.4 is 9.64 Å². The second-order valence-corrected chi connectivity index (χ2v) is 14.0. The average Bonchev–Trinajstić information content (AvgIpc) is 3.84. The minimum absolute atomic E-state index is 0.101. The molecule has 1 aromatic heterocycles. The van der Waals surface area contributed by atoms with Crippen molar-refractivity contribution in [3.63, 3.8) is 0 Å². The van der Waals surface area contributed by atoms with Gasteiger partial charge in [-0.1, -0.05) is 134 Å². The summed E-state index contributed by atoms with van der Waals surface area (Å²) in [6.45, 7) is 2.22. The Morgan fingerprint density at radius 1 is 0.519 bits per heavy atom. The highest BCUT2D eigenvalue weighted by atomic mass is 16.5. The first-order valence-corrected chi connectivity index (χ1v) is 18.5. The van der Waals surface area contributed by atoms with Crippen molar-refractivity contribution in [3.05, 3.63) is 205 Å². The van der Waals surface area contributed by atoms with Gasteiger partial charge in [-0.2, -0.15) is 0 Å². The molecule has 0 radical (unpaired) electrons. The monoisotopic (exact) mass is 696 g/mol. The fourth-order valence-electron chi connectivity index (χ4n) is 8.00. The van der Waals surface area contributed by atoms with E-state index in [4.69, 9.17) is 14.1 Å². The van der Waals surface area contributed by atoms with E-state index in [1.54, 1.807) is 0 Å². The molecule has 0 saturated heterocycles. The molecule has 0 fully saturated rings. The van der Waals surface area contributed by atoms with Crippen LogP contribution in [0.1, 0.15) is 35.8 Å². The molecule has 2 heterocycles. The van der Waals surface area contributed by atoms with Crippen molar-refractivity contribution < 1.29 is 9.15 Å². The molecule has 8 aromatic rings. The molecule has 0 saturated carbocycles. The van der Waals surface area contributed by atoms with Gasteiger partial charge in [0.15, 0.2) is 5.76 Å². The lowest BCUT2D eigenvalue weighted by molar-refractivity contribution is 0.409. The van der Waals surface area contributed by atoms with Gasteiger partial charge < -0.3 is 14.1 Å². The number of allylic oxidation sites excluding steroid dienone is 1. The molecule has 7 aromatic carbocycles. The second kappa shape index (κ2) is 13.3. The molecule has 0 N–H and O–H groups in total. The summed E-state index contributed by atoms with van der Waals surface area (Å²) in [5.41, 5.74) is 13.4. The van der Waals surface area contributed by atoms with Crippen LogP contribution in [0.4, 0.5) is 17.1 Å². The fourth-order valence-corrected chi connectivity index (χ4v) is 8.00. The molecule has 54 heavy (non-hydrogen) atoms. The van der Waals surface area contributed by atoms with Crippen molar-refractivity contribution in [2.75, 3.05) is 4.90 Å². The van der Waals surface area contributed by atoms with Crippen molar-refractivity contribution in [1.29, 1.82) is 0 Å². The molecule has 2 unspecified atom stereocenters. The normalized spacial score (nSPS) is 15.4. The zero-order valence-electron chi connectivity index (χ0n) is 29.8. The number of hydrogen-bond donors (Lipinski definition) is 0. The lowest BCUT2D eigenvalue weighted by Crippen LogP contribution is -2.13. The standard InChI is InChI=1S/C50H36N2O2/c1-33-48-42-28-24-39(31-45(42)53-46(48)32-47-49(33)51-50(54-47)37-18-10-4-11-19-37)35-22-26-41(27-23-35)52(40-20-12-5-13-21-40)44-29-25-38(34-14-6-2-7-15-34)30-43(44)36-16-8-3-9-17-36/h2-33,48H,1H3. The Morgan fingerprint density at radius 3 is 1.78 bits per heavy atom. The second-order valence-electron chi connectivity index (χ2n) is 14.0. The van der Waals surface area contributed by atoms with Crippen LogP contribution in [-0.4, -0.2) is 4.98 Å². The van der Waals surface area contributed by atoms with Crippen LogP contribution in [0.25, 0.3) is 50.9 Å². The van der Waals surface area contributed by atoms with Crippen molar-refractivity contribution in [1.82, 2.24) is 4.98 Å². The number of ether oxygens (including phenoxy) is 1. The van der Waals surface area contributed by atoms with Crippen molar-refractivity contribution >= 4 is 23.1 Å². The number of rotatable bonds is 7. The number of anilines is 3. The summed E-state index contributed by atoms with van der Waals surface area (Å²) in [6.07, 6.45) is 2.03. The van der Waals surface area contributed by atoms with E-state index in [-0.39, 0.29) is 11.8 Å². The molecule has 4 nitrogen and oxygen atoms in total. The van der Waals surface area contributed by atoms with Gasteiger partial charge in [-0.15, -0.1) is 0 Å². The van der Waals surface area contributed by atoms with Crippen LogP contribution in [0.15, 0.2) is 192 Å². The average molecular weight is 697 g/mol. The van der Waals surface area contributed by atoms with E-state index in [2.05, 4.69) is 163 Å². The van der Waals surface area contributed by atoms with Gasteiger partial charge in [-0.3, -0.25) is 0 Å². The van der Waals surface area contributed by atoms with Crippen LogP contribution >= 0.6 is 0 Å². The topological polar surface area (TPSA) is 38.5 Å². The molecule has 10 rings (SSSR count). The molecule has 0 spiro atoms. The summed E-state index contributed by atoms with van der Waals surface area (Å²) >= 11 is 0. The molecule has 0 amide bonds. The summed E-state index contributed by atoms with van der Waals surface area (Å²) in [6, 6.07) is 64.2. The Kier molecular flexibility index (Phi) is 7.80.